The Bertz CT molecular complexity index is 841. The Morgan fingerprint density at radius 1 is 1.07 bits per heavy atom. The van der Waals surface area contributed by atoms with Crippen LogP contribution >= 0.6 is 0 Å². The Labute approximate surface area is 167 Å². The van der Waals surface area contributed by atoms with Crippen molar-refractivity contribution < 1.29 is 23.9 Å². The first-order valence-corrected chi connectivity index (χ1v) is 9.18. The molecule has 1 amide bonds. The minimum absolute atomic E-state index is 0.152. The average molecular weight is 401 g/mol. The van der Waals surface area contributed by atoms with Crippen molar-refractivity contribution in [2.75, 3.05) is 39.2 Å². The van der Waals surface area contributed by atoms with E-state index in [2.05, 4.69) is 15.4 Å². The number of ether oxygens (including phenoxy) is 2. The number of carbonyl (C=O) groups is 3. The zero-order valence-electron chi connectivity index (χ0n) is 16.3. The maximum atomic E-state index is 12.5. The van der Waals surface area contributed by atoms with Crippen LogP contribution < -0.4 is 5.32 Å². The molecule has 29 heavy (non-hydrogen) atoms. The molecule has 0 radical (unpaired) electrons. The molecule has 1 fully saturated rings. The van der Waals surface area contributed by atoms with Crippen LogP contribution in [0.4, 0.5) is 5.69 Å². The van der Waals surface area contributed by atoms with Gasteiger partial charge in [0.2, 0.25) is 5.91 Å². The fourth-order valence-electron chi connectivity index (χ4n) is 3.32. The van der Waals surface area contributed by atoms with Crippen LogP contribution in [0.25, 0.3) is 0 Å². The largest absolute Gasteiger partial charge is 0.465 e. The lowest BCUT2D eigenvalue weighted by atomic mass is 10.1. The molecule has 1 aliphatic heterocycles. The maximum absolute atomic E-state index is 12.5. The molecule has 2 heterocycles. The van der Waals surface area contributed by atoms with E-state index < -0.39 is 11.9 Å². The highest BCUT2D eigenvalue weighted by Gasteiger charge is 2.23. The van der Waals surface area contributed by atoms with E-state index in [0.717, 1.165) is 25.9 Å². The Kier molecular flexibility index (Phi) is 6.55. The molecule has 1 aromatic heterocycles. The van der Waals surface area contributed by atoms with Crippen LogP contribution in [-0.2, 0) is 14.3 Å². The summed E-state index contributed by atoms with van der Waals surface area (Å²) in [7, 11) is 2.49. The van der Waals surface area contributed by atoms with Crippen LogP contribution in [0.1, 0.15) is 39.6 Å². The second-order valence-electron chi connectivity index (χ2n) is 6.71. The summed E-state index contributed by atoms with van der Waals surface area (Å²) in [5.74, 6) is -1.45. The number of anilines is 1. The number of aromatic nitrogens is 3. The Morgan fingerprint density at radius 2 is 1.69 bits per heavy atom. The number of hydrogen-bond donors (Lipinski definition) is 1. The van der Waals surface area contributed by atoms with Gasteiger partial charge in [-0.2, -0.15) is 5.10 Å². The van der Waals surface area contributed by atoms with Crippen molar-refractivity contribution in [3.63, 3.8) is 0 Å². The van der Waals surface area contributed by atoms with E-state index in [9.17, 15) is 14.4 Å². The second kappa shape index (κ2) is 9.28. The molecule has 1 saturated heterocycles. The molecule has 0 atom stereocenters. The maximum Gasteiger partial charge on any atom is 0.337 e. The van der Waals surface area contributed by atoms with E-state index in [0.29, 0.717) is 5.69 Å². The van der Waals surface area contributed by atoms with Gasteiger partial charge in [-0.05, 0) is 31.0 Å². The topological polar surface area (TPSA) is 116 Å². The summed E-state index contributed by atoms with van der Waals surface area (Å²) >= 11 is 0. The van der Waals surface area contributed by atoms with Crippen molar-refractivity contribution in [1.82, 2.24) is 19.7 Å². The number of methoxy groups -OCH3 is 2. The summed E-state index contributed by atoms with van der Waals surface area (Å²) in [6.45, 7) is 1.72. The quantitative estimate of drug-likeness (QED) is 0.716. The zero-order valence-corrected chi connectivity index (χ0v) is 16.3. The predicted octanol–water partition coefficient (Wildman–Crippen LogP) is 1.13. The van der Waals surface area contributed by atoms with Crippen LogP contribution in [0.15, 0.2) is 30.9 Å². The van der Waals surface area contributed by atoms with Crippen molar-refractivity contribution >= 4 is 23.5 Å². The number of hydrogen-bond acceptors (Lipinski definition) is 8. The van der Waals surface area contributed by atoms with E-state index in [1.54, 1.807) is 6.33 Å². The molecule has 2 aromatic rings. The Balaban J connectivity index is 1.61. The summed E-state index contributed by atoms with van der Waals surface area (Å²) in [4.78, 5) is 42.2. The van der Waals surface area contributed by atoms with Crippen LogP contribution in [0.5, 0.6) is 0 Å². The molecule has 154 valence electrons. The van der Waals surface area contributed by atoms with E-state index in [1.807, 2.05) is 9.58 Å². The molecule has 1 aromatic carbocycles. The molecule has 0 spiro atoms. The fraction of sp³-hybridized carbons (Fsp3) is 0.421. The van der Waals surface area contributed by atoms with Gasteiger partial charge in [0, 0.05) is 18.8 Å². The summed E-state index contributed by atoms with van der Waals surface area (Å²) in [6.07, 6.45) is 4.98. The van der Waals surface area contributed by atoms with E-state index in [-0.39, 0.29) is 29.6 Å². The predicted molar refractivity (Wildman–Crippen MR) is 102 cm³/mol. The summed E-state index contributed by atoms with van der Waals surface area (Å²) in [5.41, 5.74) is 0.634. The van der Waals surface area contributed by atoms with Gasteiger partial charge >= 0.3 is 11.9 Å². The molecular formula is C19H23N5O5. The molecule has 10 nitrogen and oxygen atoms in total. The molecule has 1 aliphatic rings. The molecule has 0 saturated carbocycles. The molecule has 1 N–H and O–H groups in total. The molecule has 0 unspecified atom stereocenters. The first kappa shape index (κ1) is 20.5. The highest BCUT2D eigenvalue weighted by Crippen LogP contribution is 2.21. The van der Waals surface area contributed by atoms with Crippen molar-refractivity contribution in [3.8, 4) is 0 Å². The second-order valence-corrected chi connectivity index (χ2v) is 6.71. The average Bonchev–Trinajstić information content (AvgIpc) is 3.27. The first-order chi connectivity index (χ1) is 14.0. The summed E-state index contributed by atoms with van der Waals surface area (Å²) < 4.78 is 11.3. The highest BCUT2D eigenvalue weighted by atomic mass is 16.5. The minimum Gasteiger partial charge on any atom is -0.465 e. The smallest absolute Gasteiger partial charge is 0.337 e. The standard InChI is InChI=1S/C19H23N5O5/c1-28-18(26)13-7-14(19(27)29-2)9-15(8-13)22-17(25)10-23-5-3-16(4-6-23)24-12-20-11-21-24/h7-9,11-12,16H,3-6,10H2,1-2H3,(H,22,25). The van der Waals surface area contributed by atoms with E-state index in [4.69, 9.17) is 9.47 Å². The number of esters is 2. The third-order valence-corrected chi connectivity index (χ3v) is 4.79. The first-order valence-electron chi connectivity index (χ1n) is 9.18. The number of likely N-dealkylation sites (tertiary alicyclic amines) is 1. The highest BCUT2D eigenvalue weighted by molar-refractivity contribution is 5.99. The number of amides is 1. The third-order valence-electron chi connectivity index (χ3n) is 4.79. The lowest BCUT2D eigenvalue weighted by molar-refractivity contribution is -0.117. The van der Waals surface area contributed by atoms with Crippen molar-refractivity contribution in [1.29, 1.82) is 0 Å². The number of piperidine rings is 1. The van der Waals surface area contributed by atoms with E-state index >= 15 is 0 Å². The van der Waals surface area contributed by atoms with Gasteiger partial charge in [-0.25, -0.2) is 19.3 Å². The van der Waals surface area contributed by atoms with Crippen molar-refractivity contribution in [2.45, 2.75) is 18.9 Å². The van der Waals surface area contributed by atoms with Crippen molar-refractivity contribution in [3.05, 3.63) is 42.0 Å². The third kappa shape index (κ3) is 5.17. The Hall–Kier alpha value is -3.27. The van der Waals surface area contributed by atoms with Gasteiger partial charge in [-0.15, -0.1) is 0 Å². The molecule has 0 aliphatic carbocycles. The molecule has 10 heteroatoms. The van der Waals surface area contributed by atoms with Gasteiger partial charge in [0.05, 0.1) is 37.9 Å². The molecule has 0 bridgehead atoms. The van der Waals surface area contributed by atoms with Crippen LogP contribution in [0.2, 0.25) is 0 Å². The zero-order chi connectivity index (χ0) is 20.8. The fourth-order valence-corrected chi connectivity index (χ4v) is 3.32. The summed E-state index contributed by atoms with van der Waals surface area (Å²) in [5, 5.41) is 6.92. The van der Waals surface area contributed by atoms with Gasteiger partial charge in [0.25, 0.3) is 0 Å². The lowest BCUT2D eigenvalue weighted by Gasteiger charge is -2.31. The minimum atomic E-state index is -0.610. The van der Waals surface area contributed by atoms with Crippen LogP contribution in [-0.4, -0.2) is 71.4 Å². The number of nitrogens with one attached hydrogen (secondary N) is 1. The van der Waals surface area contributed by atoms with Crippen LogP contribution in [0.3, 0.4) is 0 Å². The van der Waals surface area contributed by atoms with Gasteiger partial charge < -0.3 is 14.8 Å². The lowest BCUT2D eigenvalue weighted by Crippen LogP contribution is -2.39. The number of carbonyl (C=O) groups excluding carboxylic acids is 3. The van der Waals surface area contributed by atoms with Gasteiger partial charge in [0.1, 0.15) is 12.7 Å². The monoisotopic (exact) mass is 401 g/mol. The number of benzene rings is 1. The van der Waals surface area contributed by atoms with Gasteiger partial charge in [-0.3, -0.25) is 9.69 Å². The SMILES string of the molecule is COC(=O)c1cc(NC(=O)CN2CCC(n3cncn3)CC2)cc(C(=O)OC)c1. The summed E-state index contributed by atoms with van der Waals surface area (Å²) in [6, 6.07) is 4.58. The number of nitrogens with zero attached hydrogens (tertiary/aromatic N) is 4. The Morgan fingerprint density at radius 3 is 2.21 bits per heavy atom. The normalized spacial score (nSPS) is 15.0. The van der Waals surface area contributed by atoms with Crippen LogP contribution in [0, 0.1) is 0 Å². The number of rotatable bonds is 6. The van der Waals surface area contributed by atoms with Crippen molar-refractivity contribution in [2.24, 2.45) is 0 Å². The van der Waals surface area contributed by atoms with Gasteiger partial charge in [0.15, 0.2) is 0 Å². The van der Waals surface area contributed by atoms with E-state index in [1.165, 1.54) is 38.7 Å². The van der Waals surface area contributed by atoms with Gasteiger partial charge in [-0.1, -0.05) is 0 Å². The molecular weight excluding hydrogens is 378 g/mol. The molecule has 3 rings (SSSR count).